The maximum absolute atomic E-state index is 5.93. The van der Waals surface area contributed by atoms with Crippen LogP contribution in [0.2, 0.25) is 0 Å². The first-order valence-electron chi connectivity index (χ1n) is 8.25. The van der Waals surface area contributed by atoms with Crippen LogP contribution >= 0.6 is 0 Å². The SMILES string of the molecule is CC(C)COc1ccc2c(c1)c1c3n2CCN[C@@H]3CCC1. The Kier molecular flexibility index (Phi) is 3.18. The van der Waals surface area contributed by atoms with Crippen LogP contribution in [0.3, 0.4) is 0 Å². The summed E-state index contributed by atoms with van der Waals surface area (Å²) >= 11 is 0. The smallest absolute Gasteiger partial charge is 0.120 e. The molecule has 1 atom stereocenters. The molecule has 0 radical (unpaired) electrons. The maximum atomic E-state index is 5.93. The first kappa shape index (κ1) is 13.2. The molecule has 2 heterocycles. The molecule has 4 rings (SSSR count). The number of hydrogen-bond acceptors (Lipinski definition) is 2. The van der Waals surface area contributed by atoms with Crippen LogP contribution in [0, 0.1) is 5.92 Å². The number of hydrogen-bond donors (Lipinski definition) is 1. The minimum atomic E-state index is 0.565. The average Bonchev–Trinajstić information content (AvgIpc) is 2.82. The predicted octanol–water partition coefficient (Wildman–Crippen LogP) is 3.66. The van der Waals surface area contributed by atoms with E-state index in [2.05, 4.69) is 41.9 Å². The van der Waals surface area contributed by atoms with Gasteiger partial charge >= 0.3 is 0 Å². The van der Waals surface area contributed by atoms with E-state index in [4.69, 9.17) is 4.74 Å². The molecule has 0 fully saturated rings. The molecule has 1 aromatic carbocycles. The molecule has 112 valence electrons. The summed E-state index contributed by atoms with van der Waals surface area (Å²) in [7, 11) is 0. The number of aryl methyl sites for hydroxylation is 1. The lowest BCUT2D eigenvalue weighted by Crippen LogP contribution is -2.35. The fourth-order valence-electron chi connectivity index (χ4n) is 3.85. The first-order valence-corrected chi connectivity index (χ1v) is 8.25. The van der Waals surface area contributed by atoms with Gasteiger partial charge in [0, 0.05) is 35.7 Å². The Hall–Kier alpha value is -1.48. The summed E-state index contributed by atoms with van der Waals surface area (Å²) in [5.41, 5.74) is 4.50. The Morgan fingerprint density at radius 2 is 2.29 bits per heavy atom. The summed E-state index contributed by atoms with van der Waals surface area (Å²) in [5.74, 6) is 1.58. The molecular formula is C18H24N2O. The van der Waals surface area contributed by atoms with Crippen molar-refractivity contribution in [3.8, 4) is 5.75 Å². The monoisotopic (exact) mass is 284 g/mol. The van der Waals surface area contributed by atoms with Crippen LogP contribution in [-0.4, -0.2) is 17.7 Å². The minimum Gasteiger partial charge on any atom is -0.493 e. The van der Waals surface area contributed by atoms with Gasteiger partial charge in [-0.1, -0.05) is 13.8 Å². The number of nitrogens with one attached hydrogen (secondary N) is 1. The molecule has 0 saturated carbocycles. The fourth-order valence-corrected chi connectivity index (χ4v) is 3.85. The van der Waals surface area contributed by atoms with Crippen molar-refractivity contribution in [1.29, 1.82) is 0 Å². The lowest BCUT2D eigenvalue weighted by Gasteiger charge is -2.31. The number of nitrogens with zero attached hydrogens (tertiary/aromatic N) is 1. The topological polar surface area (TPSA) is 26.2 Å². The Labute approximate surface area is 126 Å². The molecule has 0 amide bonds. The first-order chi connectivity index (χ1) is 10.2. The summed E-state index contributed by atoms with van der Waals surface area (Å²) in [6.07, 6.45) is 3.78. The van der Waals surface area contributed by atoms with E-state index in [1.54, 1.807) is 11.3 Å². The maximum Gasteiger partial charge on any atom is 0.120 e. The molecule has 3 heteroatoms. The largest absolute Gasteiger partial charge is 0.493 e. The molecule has 21 heavy (non-hydrogen) atoms. The van der Waals surface area contributed by atoms with Crippen molar-refractivity contribution in [3.63, 3.8) is 0 Å². The molecule has 2 aliphatic rings. The molecule has 3 nitrogen and oxygen atoms in total. The third-order valence-electron chi connectivity index (χ3n) is 4.74. The van der Waals surface area contributed by atoms with Crippen LogP contribution < -0.4 is 10.1 Å². The van der Waals surface area contributed by atoms with E-state index in [-0.39, 0.29) is 0 Å². The van der Waals surface area contributed by atoms with Crippen LogP contribution in [0.15, 0.2) is 18.2 Å². The van der Waals surface area contributed by atoms with Crippen molar-refractivity contribution in [2.45, 2.75) is 45.7 Å². The zero-order valence-corrected chi connectivity index (χ0v) is 13.0. The van der Waals surface area contributed by atoms with Gasteiger partial charge in [-0.05, 0) is 48.9 Å². The third-order valence-corrected chi connectivity index (χ3v) is 4.74. The lowest BCUT2D eigenvalue weighted by molar-refractivity contribution is 0.271. The molecule has 1 aromatic heterocycles. The highest BCUT2D eigenvalue weighted by Gasteiger charge is 2.29. The van der Waals surface area contributed by atoms with E-state index in [1.807, 2.05) is 0 Å². The molecule has 0 saturated heterocycles. The van der Waals surface area contributed by atoms with Crippen molar-refractivity contribution < 1.29 is 4.74 Å². The number of rotatable bonds is 3. The number of aromatic nitrogens is 1. The molecule has 0 spiro atoms. The van der Waals surface area contributed by atoms with Crippen LogP contribution in [0.5, 0.6) is 5.75 Å². The van der Waals surface area contributed by atoms with Gasteiger partial charge in [0.25, 0.3) is 0 Å². The minimum absolute atomic E-state index is 0.565. The predicted molar refractivity (Wildman–Crippen MR) is 86.0 cm³/mol. The highest BCUT2D eigenvalue weighted by atomic mass is 16.5. The second-order valence-electron chi connectivity index (χ2n) is 6.80. The van der Waals surface area contributed by atoms with Gasteiger partial charge in [-0.15, -0.1) is 0 Å². The standard InChI is InChI=1S/C18H24N2O/c1-12(2)11-21-13-6-7-17-15(10-13)14-4-3-5-16-18(14)20(17)9-8-19-16/h6-7,10,12,16,19H,3-5,8-9,11H2,1-2H3/t16-/m1/s1. The average molecular weight is 284 g/mol. The van der Waals surface area contributed by atoms with Crippen molar-refractivity contribution >= 4 is 10.9 Å². The molecule has 1 aliphatic carbocycles. The zero-order chi connectivity index (χ0) is 14.4. The lowest BCUT2D eigenvalue weighted by atomic mass is 9.91. The Balaban J connectivity index is 1.81. The summed E-state index contributed by atoms with van der Waals surface area (Å²) < 4.78 is 8.47. The van der Waals surface area contributed by atoms with E-state index < -0.39 is 0 Å². The third kappa shape index (κ3) is 2.15. The summed E-state index contributed by atoms with van der Waals surface area (Å²) in [5, 5.41) is 5.10. The highest BCUT2D eigenvalue weighted by Crippen LogP contribution is 2.39. The van der Waals surface area contributed by atoms with Crippen LogP contribution in [0.1, 0.15) is 44.0 Å². The van der Waals surface area contributed by atoms with Crippen LogP contribution in [-0.2, 0) is 13.0 Å². The summed E-state index contributed by atoms with van der Waals surface area (Å²) in [6, 6.07) is 7.22. The van der Waals surface area contributed by atoms with Gasteiger partial charge in [-0.2, -0.15) is 0 Å². The second-order valence-corrected chi connectivity index (χ2v) is 6.80. The van der Waals surface area contributed by atoms with Crippen LogP contribution in [0.25, 0.3) is 10.9 Å². The normalized spacial score (nSPS) is 20.8. The van der Waals surface area contributed by atoms with Crippen molar-refractivity contribution in [1.82, 2.24) is 9.88 Å². The number of benzene rings is 1. The van der Waals surface area contributed by atoms with E-state index in [1.165, 1.54) is 30.2 Å². The van der Waals surface area contributed by atoms with Gasteiger partial charge in [0.2, 0.25) is 0 Å². The van der Waals surface area contributed by atoms with Gasteiger partial charge < -0.3 is 14.6 Å². The van der Waals surface area contributed by atoms with Crippen molar-refractivity contribution in [2.75, 3.05) is 13.2 Å². The fraction of sp³-hybridized carbons (Fsp3) is 0.556. The van der Waals surface area contributed by atoms with Gasteiger partial charge in [-0.25, -0.2) is 0 Å². The molecule has 0 unspecified atom stereocenters. The molecular weight excluding hydrogens is 260 g/mol. The Morgan fingerprint density at radius 3 is 3.14 bits per heavy atom. The molecule has 1 aliphatic heterocycles. The Bertz CT molecular complexity index is 669. The molecule has 2 aromatic rings. The second kappa shape index (κ2) is 5.06. The highest BCUT2D eigenvalue weighted by molar-refractivity contribution is 5.87. The summed E-state index contributed by atoms with van der Waals surface area (Å²) in [6.45, 7) is 7.35. The van der Waals surface area contributed by atoms with Gasteiger partial charge in [0.15, 0.2) is 0 Å². The van der Waals surface area contributed by atoms with E-state index in [0.717, 1.165) is 25.4 Å². The van der Waals surface area contributed by atoms with Crippen molar-refractivity contribution in [3.05, 3.63) is 29.5 Å². The Morgan fingerprint density at radius 1 is 1.38 bits per heavy atom. The number of fused-ring (bicyclic) bond motifs is 3. The van der Waals surface area contributed by atoms with Crippen molar-refractivity contribution in [2.24, 2.45) is 5.92 Å². The zero-order valence-electron chi connectivity index (χ0n) is 13.0. The molecule has 1 N–H and O–H groups in total. The van der Waals surface area contributed by atoms with Crippen LogP contribution in [0.4, 0.5) is 0 Å². The molecule has 0 bridgehead atoms. The van der Waals surface area contributed by atoms with E-state index in [9.17, 15) is 0 Å². The van der Waals surface area contributed by atoms with E-state index in [0.29, 0.717) is 12.0 Å². The van der Waals surface area contributed by atoms with Gasteiger partial charge in [0.1, 0.15) is 5.75 Å². The quantitative estimate of drug-likeness (QED) is 0.931. The number of ether oxygens (including phenoxy) is 1. The van der Waals surface area contributed by atoms with Gasteiger partial charge in [0.05, 0.1) is 6.61 Å². The van der Waals surface area contributed by atoms with Gasteiger partial charge in [-0.3, -0.25) is 0 Å². The summed E-state index contributed by atoms with van der Waals surface area (Å²) in [4.78, 5) is 0. The van der Waals surface area contributed by atoms with E-state index >= 15 is 0 Å².